The van der Waals surface area contributed by atoms with E-state index < -0.39 is 5.41 Å². The van der Waals surface area contributed by atoms with Gasteiger partial charge in [-0.2, -0.15) is 0 Å². The van der Waals surface area contributed by atoms with Gasteiger partial charge in [-0.05, 0) is 31.4 Å². The van der Waals surface area contributed by atoms with Gasteiger partial charge in [0.05, 0.1) is 24.1 Å². The van der Waals surface area contributed by atoms with Gasteiger partial charge >= 0.3 is 0 Å². The Morgan fingerprint density at radius 3 is 2.71 bits per heavy atom. The monoisotopic (exact) mass is 428 g/mol. The van der Waals surface area contributed by atoms with Crippen molar-refractivity contribution >= 4 is 22.7 Å². The number of carbonyl (C=O) groups is 2. The van der Waals surface area contributed by atoms with Crippen LogP contribution >= 0.6 is 0 Å². The number of nitrogens with one attached hydrogen (secondary N) is 1. The third-order valence-corrected chi connectivity index (χ3v) is 7.29. The Hall–Kier alpha value is -2.45. The molecule has 3 aliphatic rings. The van der Waals surface area contributed by atoms with Crippen LogP contribution in [0.15, 0.2) is 18.2 Å². The zero-order valence-corrected chi connectivity index (χ0v) is 18.0. The molecule has 7 nitrogen and oxygen atoms in total. The summed E-state index contributed by atoms with van der Waals surface area (Å²) in [6.45, 7) is 8.53. The number of para-hydroxylation sites is 1. The van der Waals surface area contributed by atoms with Gasteiger partial charge in [0.1, 0.15) is 11.5 Å². The lowest BCUT2D eigenvalue weighted by Gasteiger charge is -2.29. The number of halogens is 1. The highest BCUT2D eigenvalue weighted by atomic mass is 19.1. The Bertz CT molecular complexity index is 1020. The van der Waals surface area contributed by atoms with E-state index in [4.69, 9.17) is 4.74 Å². The minimum Gasteiger partial charge on any atom is -0.379 e. The van der Waals surface area contributed by atoms with Gasteiger partial charge in [0.15, 0.2) is 0 Å². The molecule has 3 fully saturated rings. The van der Waals surface area contributed by atoms with Crippen LogP contribution in [0.2, 0.25) is 0 Å². The smallest absolute Gasteiger partial charge is 0.270 e. The van der Waals surface area contributed by atoms with Gasteiger partial charge in [0, 0.05) is 51.2 Å². The average molecular weight is 429 g/mol. The lowest BCUT2D eigenvalue weighted by Crippen LogP contribution is -2.44. The fourth-order valence-electron chi connectivity index (χ4n) is 5.31. The molecule has 1 aromatic heterocycles. The molecule has 4 heterocycles. The lowest BCUT2D eigenvalue weighted by molar-refractivity contribution is -0.135. The number of aryl methyl sites for hydroxylation is 1. The van der Waals surface area contributed by atoms with Crippen LogP contribution in [0.5, 0.6) is 0 Å². The third kappa shape index (κ3) is 3.51. The predicted molar refractivity (Wildman–Crippen MR) is 114 cm³/mol. The van der Waals surface area contributed by atoms with Crippen molar-refractivity contribution in [3.05, 3.63) is 35.3 Å². The highest BCUT2D eigenvalue weighted by molar-refractivity contribution is 6.01. The number of carbonyl (C=O) groups excluding carboxylic acids is 2. The second kappa shape index (κ2) is 7.91. The van der Waals surface area contributed by atoms with Gasteiger partial charge in [-0.15, -0.1) is 0 Å². The molecule has 8 heteroatoms. The number of aromatic amines is 1. The quantitative estimate of drug-likeness (QED) is 0.809. The highest BCUT2D eigenvalue weighted by Gasteiger charge is 2.51. The van der Waals surface area contributed by atoms with Crippen molar-refractivity contribution in [2.45, 2.75) is 19.8 Å². The van der Waals surface area contributed by atoms with Crippen molar-refractivity contribution in [1.82, 2.24) is 19.7 Å². The average Bonchev–Trinajstić information content (AvgIpc) is 3.46. The van der Waals surface area contributed by atoms with Crippen LogP contribution in [0, 0.1) is 18.2 Å². The van der Waals surface area contributed by atoms with Crippen LogP contribution in [0.4, 0.5) is 4.39 Å². The van der Waals surface area contributed by atoms with E-state index in [9.17, 15) is 14.0 Å². The maximum atomic E-state index is 14.1. The van der Waals surface area contributed by atoms with Crippen LogP contribution < -0.4 is 0 Å². The number of H-pyrrole nitrogens is 1. The zero-order chi connectivity index (χ0) is 21.6. The molecule has 1 unspecified atom stereocenters. The second-order valence-corrected chi connectivity index (χ2v) is 9.04. The highest BCUT2D eigenvalue weighted by Crippen LogP contribution is 2.41. The number of hydrogen-bond acceptors (Lipinski definition) is 4. The van der Waals surface area contributed by atoms with Gasteiger partial charge in [0.2, 0.25) is 5.91 Å². The topological polar surface area (TPSA) is 68.9 Å². The molecule has 166 valence electrons. The molecule has 5 rings (SSSR count). The molecule has 31 heavy (non-hydrogen) atoms. The fraction of sp³-hybridized carbons (Fsp3) is 0.565. The molecule has 2 aromatic rings. The molecule has 0 aliphatic carbocycles. The van der Waals surface area contributed by atoms with Crippen molar-refractivity contribution in [3.8, 4) is 0 Å². The van der Waals surface area contributed by atoms with E-state index in [-0.39, 0.29) is 17.6 Å². The van der Waals surface area contributed by atoms with E-state index in [0.717, 1.165) is 63.3 Å². The van der Waals surface area contributed by atoms with Crippen LogP contribution in [0.1, 0.15) is 28.9 Å². The molecule has 2 amide bonds. The zero-order valence-electron chi connectivity index (χ0n) is 18.0. The molecule has 3 saturated heterocycles. The van der Waals surface area contributed by atoms with Crippen molar-refractivity contribution in [1.29, 1.82) is 0 Å². The number of ether oxygens (including phenoxy) is 1. The summed E-state index contributed by atoms with van der Waals surface area (Å²) in [5.41, 5.74) is 1.08. The van der Waals surface area contributed by atoms with Gasteiger partial charge in [-0.1, -0.05) is 12.1 Å². The van der Waals surface area contributed by atoms with Gasteiger partial charge < -0.3 is 19.5 Å². The normalized spacial score (nSPS) is 24.8. The summed E-state index contributed by atoms with van der Waals surface area (Å²) in [7, 11) is 0. The minimum atomic E-state index is -0.466. The fourth-order valence-corrected chi connectivity index (χ4v) is 5.31. The summed E-state index contributed by atoms with van der Waals surface area (Å²) in [5, 5.41) is 0.725. The maximum absolute atomic E-state index is 14.1. The van der Waals surface area contributed by atoms with E-state index in [1.54, 1.807) is 11.0 Å². The number of hydrogen-bond donors (Lipinski definition) is 1. The third-order valence-electron chi connectivity index (χ3n) is 7.29. The standard InChI is InChI=1S/C23H29FN4O3/c1-16-17-3-2-4-18(24)20(17)25-19(16)21(29)28-8-6-23(15-28)5-7-27(22(23)30)10-9-26-11-13-31-14-12-26/h2-4,25H,5-15H2,1H3. The van der Waals surface area contributed by atoms with Crippen molar-refractivity contribution in [3.63, 3.8) is 0 Å². The molecule has 1 aromatic carbocycles. The Balaban J connectivity index is 1.26. The Morgan fingerprint density at radius 1 is 1.16 bits per heavy atom. The Labute approximate surface area is 181 Å². The molecular weight excluding hydrogens is 399 g/mol. The molecule has 3 aliphatic heterocycles. The molecule has 1 atom stereocenters. The molecular formula is C23H29FN4O3. The number of benzene rings is 1. The summed E-state index contributed by atoms with van der Waals surface area (Å²) in [6.07, 6.45) is 1.48. The SMILES string of the molecule is Cc1c(C(=O)N2CCC3(CCN(CCN4CCOCC4)C3=O)C2)[nH]c2c(F)cccc12. The number of aromatic nitrogens is 1. The lowest BCUT2D eigenvalue weighted by atomic mass is 9.85. The molecule has 0 radical (unpaired) electrons. The summed E-state index contributed by atoms with van der Waals surface area (Å²) < 4.78 is 19.5. The van der Waals surface area contributed by atoms with Crippen molar-refractivity contribution < 1.29 is 18.7 Å². The molecule has 1 N–H and O–H groups in total. The van der Waals surface area contributed by atoms with Crippen molar-refractivity contribution in [2.75, 3.05) is 59.0 Å². The largest absolute Gasteiger partial charge is 0.379 e. The van der Waals surface area contributed by atoms with E-state index >= 15 is 0 Å². The maximum Gasteiger partial charge on any atom is 0.270 e. The summed E-state index contributed by atoms with van der Waals surface area (Å²) in [4.78, 5) is 35.5. The number of rotatable bonds is 4. The predicted octanol–water partition coefficient (Wildman–Crippen LogP) is 2.01. The number of nitrogens with zero attached hydrogens (tertiary/aromatic N) is 3. The first-order chi connectivity index (χ1) is 15.0. The number of fused-ring (bicyclic) bond motifs is 1. The van der Waals surface area contributed by atoms with Gasteiger partial charge in [0.25, 0.3) is 5.91 Å². The summed E-state index contributed by atoms with van der Waals surface area (Å²) in [5.74, 6) is -0.334. The van der Waals surface area contributed by atoms with Crippen LogP contribution in [-0.4, -0.2) is 90.5 Å². The Kier molecular flexibility index (Phi) is 5.22. The van der Waals surface area contributed by atoms with Crippen LogP contribution in [-0.2, 0) is 9.53 Å². The molecule has 0 saturated carbocycles. The van der Waals surface area contributed by atoms with Crippen LogP contribution in [0.3, 0.4) is 0 Å². The van der Waals surface area contributed by atoms with Gasteiger partial charge in [-0.25, -0.2) is 4.39 Å². The second-order valence-electron chi connectivity index (χ2n) is 9.04. The van der Waals surface area contributed by atoms with Gasteiger partial charge in [-0.3, -0.25) is 14.5 Å². The number of likely N-dealkylation sites (tertiary alicyclic amines) is 2. The minimum absolute atomic E-state index is 0.149. The molecule has 0 bridgehead atoms. The van der Waals surface area contributed by atoms with E-state index in [2.05, 4.69) is 9.88 Å². The number of amides is 2. The first-order valence-electron chi connectivity index (χ1n) is 11.1. The molecule has 1 spiro atoms. The summed E-state index contributed by atoms with van der Waals surface area (Å²) >= 11 is 0. The summed E-state index contributed by atoms with van der Waals surface area (Å²) in [6, 6.07) is 4.86. The van der Waals surface area contributed by atoms with Crippen molar-refractivity contribution in [2.24, 2.45) is 5.41 Å². The first-order valence-corrected chi connectivity index (χ1v) is 11.1. The number of morpholine rings is 1. The van der Waals surface area contributed by atoms with E-state index in [1.165, 1.54) is 6.07 Å². The van der Waals surface area contributed by atoms with Crippen LogP contribution in [0.25, 0.3) is 10.9 Å². The van der Waals surface area contributed by atoms with E-state index in [1.807, 2.05) is 17.9 Å². The van der Waals surface area contributed by atoms with E-state index in [0.29, 0.717) is 30.7 Å². The Morgan fingerprint density at radius 2 is 1.94 bits per heavy atom. The first kappa shape index (κ1) is 20.5.